The fraction of sp³-hybridized carbons (Fsp3) is 0.462. The van der Waals surface area contributed by atoms with Crippen LogP contribution in [0.25, 0.3) is 4.85 Å². The van der Waals surface area contributed by atoms with E-state index in [1.807, 2.05) is 32.9 Å². The van der Waals surface area contributed by atoms with Gasteiger partial charge in [0.2, 0.25) is 6.04 Å². The van der Waals surface area contributed by atoms with Gasteiger partial charge < -0.3 is 14.3 Å². The van der Waals surface area contributed by atoms with Gasteiger partial charge in [-0.15, -0.1) is 0 Å². The van der Waals surface area contributed by atoms with Crippen LogP contribution in [-0.2, 0) is 0 Å². The molecule has 0 fully saturated rings. The highest BCUT2D eigenvalue weighted by molar-refractivity contribution is 9.10. The zero-order chi connectivity index (χ0) is 12.8. The van der Waals surface area contributed by atoms with E-state index < -0.39 is 0 Å². The van der Waals surface area contributed by atoms with Gasteiger partial charge in [0.25, 0.3) is 0 Å². The molecule has 0 amide bonds. The van der Waals surface area contributed by atoms with E-state index in [0.717, 1.165) is 21.5 Å². The van der Waals surface area contributed by atoms with Crippen molar-refractivity contribution in [1.29, 1.82) is 0 Å². The predicted molar refractivity (Wildman–Crippen MR) is 71.5 cm³/mol. The summed E-state index contributed by atoms with van der Waals surface area (Å²) in [6.45, 7) is 14.0. The van der Waals surface area contributed by atoms with Crippen molar-refractivity contribution in [3.8, 4) is 11.5 Å². The molecular formula is C13H16BrNO2. The largest absolute Gasteiger partial charge is 0.493 e. The molecule has 3 nitrogen and oxygen atoms in total. The number of benzene rings is 1. The van der Waals surface area contributed by atoms with Gasteiger partial charge in [0.15, 0.2) is 0 Å². The van der Waals surface area contributed by atoms with Gasteiger partial charge in [-0.3, -0.25) is 0 Å². The molecule has 0 aliphatic heterocycles. The summed E-state index contributed by atoms with van der Waals surface area (Å²) in [4.78, 5) is 3.53. The third-order valence-electron chi connectivity index (χ3n) is 2.31. The van der Waals surface area contributed by atoms with Crippen LogP contribution < -0.4 is 9.47 Å². The number of halogens is 1. The molecule has 0 aliphatic rings. The van der Waals surface area contributed by atoms with Gasteiger partial charge in [-0.2, -0.15) is 0 Å². The minimum Gasteiger partial charge on any atom is -0.493 e. The van der Waals surface area contributed by atoms with Crippen molar-refractivity contribution in [2.75, 3.05) is 13.2 Å². The Hall–Kier alpha value is -1.21. The summed E-state index contributed by atoms with van der Waals surface area (Å²) in [5, 5.41) is 0. The lowest BCUT2D eigenvalue weighted by Crippen LogP contribution is -2.01. The Morgan fingerprint density at radius 2 is 1.82 bits per heavy atom. The zero-order valence-corrected chi connectivity index (χ0v) is 11.9. The van der Waals surface area contributed by atoms with Crippen molar-refractivity contribution in [2.45, 2.75) is 26.8 Å². The van der Waals surface area contributed by atoms with Gasteiger partial charge in [-0.25, -0.2) is 6.57 Å². The smallest absolute Gasteiger partial charge is 0.249 e. The van der Waals surface area contributed by atoms with Crippen molar-refractivity contribution in [3.05, 3.63) is 33.6 Å². The number of hydrogen-bond acceptors (Lipinski definition) is 2. The Kier molecular flexibility index (Phi) is 5.30. The topological polar surface area (TPSA) is 22.8 Å². The molecule has 17 heavy (non-hydrogen) atoms. The molecule has 0 saturated carbocycles. The van der Waals surface area contributed by atoms with Crippen LogP contribution in [0.2, 0.25) is 0 Å². The minimum atomic E-state index is -0.219. The molecule has 92 valence electrons. The van der Waals surface area contributed by atoms with Crippen LogP contribution in [-0.4, -0.2) is 13.2 Å². The Morgan fingerprint density at radius 3 is 2.35 bits per heavy atom. The van der Waals surface area contributed by atoms with Crippen LogP contribution in [0.5, 0.6) is 11.5 Å². The maximum atomic E-state index is 7.10. The zero-order valence-electron chi connectivity index (χ0n) is 10.3. The van der Waals surface area contributed by atoms with Gasteiger partial charge >= 0.3 is 0 Å². The molecule has 0 bridgehead atoms. The molecule has 0 aliphatic carbocycles. The van der Waals surface area contributed by atoms with E-state index in [1.165, 1.54) is 0 Å². The maximum Gasteiger partial charge on any atom is 0.249 e. The fourth-order valence-electron chi connectivity index (χ4n) is 1.49. The lowest BCUT2D eigenvalue weighted by molar-refractivity contribution is 0.319. The quantitative estimate of drug-likeness (QED) is 0.759. The van der Waals surface area contributed by atoms with Crippen molar-refractivity contribution in [2.24, 2.45) is 0 Å². The Morgan fingerprint density at radius 1 is 1.24 bits per heavy atom. The lowest BCUT2D eigenvalue weighted by Gasteiger charge is -2.13. The highest BCUT2D eigenvalue weighted by Crippen LogP contribution is 2.37. The fourth-order valence-corrected chi connectivity index (χ4v) is 1.97. The van der Waals surface area contributed by atoms with Gasteiger partial charge in [0.05, 0.1) is 23.2 Å². The molecule has 1 atom stereocenters. The van der Waals surface area contributed by atoms with Gasteiger partial charge in [-0.05, 0) is 35.8 Å². The summed E-state index contributed by atoms with van der Waals surface area (Å²) >= 11 is 3.45. The molecule has 1 unspecified atom stereocenters. The van der Waals surface area contributed by atoms with E-state index in [2.05, 4.69) is 20.8 Å². The van der Waals surface area contributed by atoms with Crippen molar-refractivity contribution in [1.82, 2.24) is 0 Å². The first-order valence-corrected chi connectivity index (χ1v) is 6.38. The van der Waals surface area contributed by atoms with Crippen LogP contribution in [0.1, 0.15) is 32.4 Å². The average molecular weight is 298 g/mol. The Labute approximate surface area is 111 Å². The van der Waals surface area contributed by atoms with Crippen LogP contribution in [0.3, 0.4) is 0 Å². The summed E-state index contributed by atoms with van der Waals surface area (Å²) in [7, 11) is 0. The summed E-state index contributed by atoms with van der Waals surface area (Å²) in [5.74, 6) is 1.47. The molecule has 4 heteroatoms. The molecule has 1 aromatic rings. The SMILES string of the molecule is [C-]#[N+]C(C)c1cc(Br)c(OCC)cc1OCC. The van der Waals surface area contributed by atoms with E-state index in [0.29, 0.717) is 13.2 Å². The number of hydrogen-bond donors (Lipinski definition) is 0. The molecule has 0 N–H and O–H groups in total. The second-order valence-corrected chi connectivity index (χ2v) is 4.35. The Balaban J connectivity index is 3.21. The number of rotatable bonds is 5. The predicted octanol–water partition coefficient (Wildman–Crippen LogP) is 4.23. The first kappa shape index (κ1) is 13.9. The molecule has 1 rings (SSSR count). The average Bonchev–Trinajstić information content (AvgIpc) is 2.32. The number of ether oxygens (including phenoxy) is 2. The van der Waals surface area contributed by atoms with Crippen molar-refractivity contribution >= 4 is 15.9 Å². The van der Waals surface area contributed by atoms with Crippen molar-refractivity contribution < 1.29 is 9.47 Å². The second-order valence-electron chi connectivity index (χ2n) is 3.49. The highest BCUT2D eigenvalue weighted by atomic mass is 79.9. The summed E-state index contributed by atoms with van der Waals surface area (Å²) in [5.41, 5.74) is 0.886. The van der Waals surface area contributed by atoms with E-state index in [9.17, 15) is 0 Å². The van der Waals surface area contributed by atoms with E-state index >= 15 is 0 Å². The molecule has 0 aromatic heterocycles. The normalized spacial score (nSPS) is 11.7. The van der Waals surface area contributed by atoms with E-state index in [4.69, 9.17) is 16.0 Å². The molecule has 0 saturated heterocycles. The van der Waals surface area contributed by atoms with E-state index in [1.54, 1.807) is 0 Å². The molecule has 0 radical (unpaired) electrons. The minimum absolute atomic E-state index is 0.219. The lowest BCUT2D eigenvalue weighted by atomic mass is 10.1. The van der Waals surface area contributed by atoms with Gasteiger partial charge in [-0.1, -0.05) is 0 Å². The van der Waals surface area contributed by atoms with Crippen LogP contribution >= 0.6 is 15.9 Å². The highest BCUT2D eigenvalue weighted by Gasteiger charge is 2.18. The third-order valence-corrected chi connectivity index (χ3v) is 2.93. The molecular weight excluding hydrogens is 282 g/mol. The maximum absolute atomic E-state index is 7.10. The summed E-state index contributed by atoms with van der Waals surface area (Å²) < 4.78 is 11.9. The molecule has 1 aromatic carbocycles. The summed E-state index contributed by atoms with van der Waals surface area (Å²) in [6.07, 6.45) is 0. The van der Waals surface area contributed by atoms with Crippen LogP contribution in [0.4, 0.5) is 0 Å². The Bertz CT molecular complexity index is 426. The second kappa shape index (κ2) is 6.51. The van der Waals surface area contributed by atoms with Crippen LogP contribution in [0.15, 0.2) is 16.6 Å². The first-order chi connectivity index (χ1) is 8.13. The third kappa shape index (κ3) is 3.37. The van der Waals surface area contributed by atoms with E-state index in [-0.39, 0.29) is 6.04 Å². The summed E-state index contributed by atoms with van der Waals surface area (Å²) in [6, 6.07) is 3.52. The van der Waals surface area contributed by atoms with Gasteiger partial charge in [0.1, 0.15) is 11.5 Å². The van der Waals surface area contributed by atoms with Gasteiger partial charge in [0, 0.05) is 13.0 Å². The van der Waals surface area contributed by atoms with Crippen molar-refractivity contribution in [3.63, 3.8) is 0 Å². The van der Waals surface area contributed by atoms with Crippen LogP contribution in [0, 0.1) is 6.57 Å². The number of nitrogens with zero attached hydrogens (tertiary/aromatic N) is 1. The first-order valence-electron chi connectivity index (χ1n) is 5.59. The standard InChI is InChI=1S/C13H16BrNO2/c1-5-16-12-8-13(17-6-2)11(14)7-10(12)9(3)15-4/h7-9H,5-6H2,1-3H3. The monoisotopic (exact) mass is 297 g/mol. The molecule has 0 spiro atoms. The molecule has 0 heterocycles.